The zero-order valence-electron chi connectivity index (χ0n) is 11.1. The van der Waals surface area contributed by atoms with Crippen LogP contribution in [-0.2, 0) is 17.4 Å². The van der Waals surface area contributed by atoms with E-state index in [9.17, 15) is 9.90 Å². The predicted octanol–water partition coefficient (Wildman–Crippen LogP) is 0.673. The summed E-state index contributed by atoms with van der Waals surface area (Å²) in [6.45, 7) is 3.61. The van der Waals surface area contributed by atoms with Crippen LogP contribution in [0, 0.1) is 0 Å². The Balaban J connectivity index is 2.57. The summed E-state index contributed by atoms with van der Waals surface area (Å²) in [7, 11) is 1.83. The van der Waals surface area contributed by atoms with Gasteiger partial charge >= 0.3 is 5.97 Å². The molecule has 0 amide bonds. The molecule has 0 fully saturated rings. The molecule has 0 unspecified atom stereocenters. The van der Waals surface area contributed by atoms with Crippen LogP contribution in [0.15, 0.2) is 12.5 Å². The first kappa shape index (κ1) is 13.2. The van der Waals surface area contributed by atoms with E-state index < -0.39 is 11.5 Å². The van der Waals surface area contributed by atoms with Crippen LogP contribution in [0.5, 0.6) is 0 Å². The first-order valence-corrected chi connectivity index (χ1v) is 6.05. The van der Waals surface area contributed by atoms with E-state index in [0.29, 0.717) is 24.4 Å². The standard InChI is InChI=1S/C11H16N6O2/c1-4-11(5-2,10(18)19)17-9(13-14-15-17)8-6-16(3)7-12-8/h6-7H,4-5H2,1-3H3,(H,18,19). The second-order valence-electron chi connectivity index (χ2n) is 4.38. The fourth-order valence-electron chi connectivity index (χ4n) is 2.11. The zero-order valence-corrected chi connectivity index (χ0v) is 11.1. The number of imidazole rings is 1. The zero-order chi connectivity index (χ0) is 14.0. The lowest BCUT2D eigenvalue weighted by Crippen LogP contribution is -2.42. The first-order valence-electron chi connectivity index (χ1n) is 6.05. The van der Waals surface area contributed by atoms with Crippen LogP contribution in [0.25, 0.3) is 11.5 Å². The molecule has 0 bridgehead atoms. The summed E-state index contributed by atoms with van der Waals surface area (Å²) in [5.74, 6) is -0.575. The van der Waals surface area contributed by atoms with Gasteiger partial charge in [0, 0.05) is 13.2 Å². The van der Waals surface area contributed by atoms with E-state index in [1.165, 1.54) is 4.68 Å². The van der Waals surface area contributed by atoms with Crippen molar-refractivity contribution in [2.24, 2.45) is 7.05 Å². The molecule has 0 saturated carbocycles. The quantitative estimate of drug-likeness (QED) is 0.852. The van der Waals surface area contributed by atoms with Gasteiger partial charge in [0.05, 0.1) is 6.33 Å². The predicted molar refractivity (Wildman–Crippen MR) is 66.2 cm³/mol. The Morgan fingerprint density at radius 2 is 2.11 bits per heavy atom. The first-order chi connectivity index (χ1) is 9.05. The molecule has 8 nitrogen and oxygen atoms in total. The number of hydrogen-bond donors (Lipinski definition) is 1. The Hall–Kier alpha value is -2.25. The van der Waals surface area contributed by atoms with Crippen molar-refractivity contribution >= 4 is 5.97 Å². The maximum absolute atomic E-state index is 11.6. The van der Waals surface area contributed by atoms with Crippen molar-refractivity contribution in [1.82, 2.24) is 29.8 Å². The molecule has 1 N–H and O–H groups in total. The fraction of sp³-hybridized carbons (Fsp3) is 0.545. The molecule has 2 aromatic rings. The Labute approximate surface area is 110 Å². The molecule has 2 heterocycles. The number of hydrogen-bond acceptors (Lipinski definition) is 5. The van der Waals surface area contributed by atoms with E-state index >= 15 is 0 Å². The molecule has 0 saturated heterocycles. The summed E-state index contributed by atoms with van der Waals surface area (Å²) < 4.78 is 3.12. The summed E-state index contributed by atoms with van der Waals surface area (Å²) in [5.41, 5.74) is -0.587. The van der Waals surface area contributed by atoms with E-state index in [0.717, 1.165) is 0 Å². The molecule has 0 spiro atoms. The summed E-state index contributed by atoms with van der Waals surface area (Å²) >= 11 is 0. The summed E-state index contributed by atoms with van der Waals surface area (Å²) in [4.78, 5) is 15.8. The van der Waals surface area contributed by atoms with Gasteiger partial charge in [0.1, 0.15) is 5.69 Å². The van der Waals surface area contributed by atoms with E-state index in [1.807, 2.05) is 20.9 Å². The van der Waals surface area contributed by atoms with Crippen LogP contribution in [0.1, 0.15) is 26.7 Å². The van der Waals surface area contributed by atoms with E-state index in [1.54, 1.807) is 17.1 Å². The average molecular weight is 264 g/mol. The molecule has 19 heavy (non-hydrogen) atoms. The third kappa shape index (κ3) is 1.98. The summed E-state index contributed by atoms with van der Waals surface area (Å²) in [5, 5.41) is 20.9. The molecule has 0 radical (unpaired) electrons. The number of carbonyl (C=O) groups is 1. The van der Waals surface area contributed by atoms with Crippen molar-refractivity contribution in [1.29, 1.82) is 0 Å². The molecule has 8 heteroatoms. The van der Waals surface area contributed by atoms with Gasteiger partial charge in [-0.3, -0.25) is 0 Å². The number of rotatable bonds is 5. The SMILES string of the molecule is CCC(CC)(C(=O)O)n1nnnc1-c1cn(C)cn1. The highest BCUT2D eigenvalue weighted by molar-refractivity contribution is 5.77. The Bertz CT molecular complexity index is 584. The van der Waals surface area contributed by atoms with Gasteiger partial charge in [-0.2, -0.15) is 0 Å². The second kappa shape index (κ2) is 4.79. The molecule has 2 rings (SSSR count). The number of carboxylic acids is 1. The molecule has 0 aliphatic carbocycles. The highest BCUT2D eigenvalue weighted by atomic mass is 16.4. The maximum Gasteiger partial charge on any atom is 0.331 e. The van der Waals surface area contributed by atoms with Crippen molar-refractivity contribution in [3.8, 4) is 11.5 Å². The van der Waals surface area contributed by atoms with E-state index in [4.69, 9.17) is 0 Å². The second-order valence-corrected chi connectivity index (χ2v) is 4.38. The number of aliphatic carboxylic acids is 1. The normalized spacial score (nSPS) is 11.7. The smallest absolute Gasteiger partial charge is 0.331 e. The van der Waals surface area contributed by atoms with Crippen LogP contribution in [-0.4, -0.2) is 40.8 Å². The van der Waals surface area contributed by atoms with Crippen molar-refractivity contribution in [2.45, 2.75) is 32.2 Å². The van der Waals surface area contributed by atoms with Gasteiger partial charge in [-0.1, -0.05) is 13.8 Å². The van der Waals surface area contributed by atoms with E-state index in [2.05, 4.69) is 20.5 Å². The van der Waals surface area contributed by atoms with Gasteiger partial charge < -0.3 is 9.67 Å². The van der Waals surface area contributed by atoms with E-state index in [-0.39, 0.29) is 0 Å². The largest absolute Gasteiger partial charge is 0.479 e. The maximum atomic E-state index is 11.6. The van der Waals surface area contributed by atoms with Crippen LogP contribution >= 0.6 is 0 Å². The number of aromatic nitrogens is 6. The third-order valence-corrected chi connectivity index (χ3v) is 3.38. The van der Waals surface area contributed by atoms with Gasteiger partial charge in [-0.25, -0.2) is 14.5 Å². The average Bonchev–Trinajstić information content (AvgIpc) is 3.00. The minimum atomic E-state index is -1.14. The summed E-state index contributed by atoms with van der Waals surface area (Å²) in [6, 6.07) is 0. The van der Waals surface area contributed by atoms with Crippen molar-refractivity contribution in [3.63, 3.8) is 0 Å². The highest BCUT2D eigenvalue weighted by Crippen LogP contribution is 2.28. The lowest BCUT2D eigenvalue weighted by atomic mass is 9.93. The minimum absolute atomic E-state index is 0.367. The van der Waals surface area contributed by atoms with Crippen molar-refractivity contribution in [2.75, 3.05) is 0 Å². The number of aryl methyl sites for hydroxylation is 1. The fourth-order valence-corrected chi connectivity index (χ4v) is 2.11. The Kier molecular flexibility index (Phi) is 3.32. The molecule has 2 aromatic heterocycles. The number of carboxylic acid groups (broad SMARTS) is 1. The number of nitrogens with zero attached hydrogens (tertiary/aromatic N) is 6. The molecule has 0 aliphatic heterocycles. The van der Waals surface area contributed by atoms with Crippen molar-refractivity contribution < 1.29 is 9.90 Å². The molecular formula is C11H16N6O2. The van der Waals surface area contributed by atoms with Gasteiger partial charge in [-0.15, -0.1) is 5.10 Å². The molecule has 0 atom stereocenters. The summed E-state index contributed by atoms with van der Waals surface area (Å²) in [6.07, 6.45) is 4.15. The van der Waals surface area contributed by atoms with Gasteiger partial charge in [0.15, 0.2) is 5.54 Å². The van der Waals surface area contributed by atoms with Gasteiger partial charge in [0.25, 0.3) is 0 Å². The lowest BCUT2D eigenvalue weighted by Gasteiger charge is -2.27. The van der Waals surface area contributed by atoms with Gasteiger partial charge in [0.2, 0.25) is 5.82 Å². The number of tetrazole rings is 1. The highest BCUT2D eigenvalue weighted by Gasteiger charge is 2.40. The third-order valence-electron chi connectivity index (χ3n) is 3.38. The lowest BCUT2D eigenvalue weighted by molar-refractivity contribution is -0.148. The monoisotopic (exact) mass is 264 g/mol. The van der Waals surface area contributed by atoms with Crippen LogP contribution in [0.3, 0.4) is 0 Å². The minimum Gasteiger partial charge on any atom is -0.479 e. The topological polar surface area (TPSA) is 98.7 Å². The molecular weight excluding hydrogens is 248 g/mol. The molecule has 0 aromatic carbocycles. The van der Waals surface area contributed by atoms with Crippen LogP contribution < -0.4 is 0 Å². The molecule has 0 aliphatic rings. The van der Waals surface area contributed by atoms with Crippen molar-refractivity contribution in [3.05, 3.63) is 12.5 Å². The van der Waals surface area contributed by atoms with Gasteiger partial charge in [-0.05, 0) is 23.3 Å². The Morgan fingerprint density at radius 1 is 1.42 bits per heavy atom. The van der Waals surface area contributed by atoms with Crippen LogP contribution in [0.2, 0.25) is 0 Å². The molecule has 102 valence electrons. The van der Waals surface area contributed by atoms with Crippen LogP contribution in [0.4, 0.5) is 0 Å². The Morgan fingerprint density at radius 3 is 2.58 bits per heavy atom.